The predicted molar refractivity (Wildman–Crippen MR) is 66.0 cm³/mol. The number of benzene rings is 2. The second-order valence-electron chi connectivity index (χ2n) is 4.33. The first-order valence-corrected chi connectivity index (χ1v) is 9.49. The first-order chi connectivity index (χ1) is 9.47. The first kappa shape index (κ1) is 13.9. The third-order valence-electron chi connectivity index (χ3n) is 3.12. The summed E-state index contributed by atoms with van der Waals surface area (Å²) in [5, 5.41) is 0.954. The van der Waals surface area contributed by atoms with Crippen LogP contribution in [0.1, 0.15) is 12.5 Å². The molecule has 20 heavy (non-hydrogen) atoms. The molecule has 0 fully saturated rings. The van der Waals surface area contributed by atoms with Crippen LogP contribution in [0.2, 0.25) is 0 Å². The molecule has 0 aliphatic carbocycles. The fraction of sp³-hybridized carbons (Fsp3) is 0.0714. The van der Waals surface area contributed by atoms with Crippen molar-refractivity contribution in [2.75, 3.05) is 0 Å². The van der Waals surface area contributed by atoms with E-state index in [-0.39, 0.29) is 0 Å². The molecule has 0 saturated carbocycles. The minimum atomic E-state index is -4.44. The summed E-state index contributed by atoms with van der Waals surface area (Å²) >= 11 is -2.36. The molecule has 6 heteroatoms. The van der Waals surface area contributed by atoms with Gasteiger partial charge in [0.2, 0.25) is 0 Å². The molecule has 0 spiro atoms. The summed E-state index contributed by atoms with van der Waals surface area (Å²) in [7, 11) is -4.44. The summed E-state index contributed by atoms with van der Waals surface area (Å²) in [4.78, 5) is 0. The molecule has 0 saturated heterocycles. The van der Waals surface area contributed by atoms with E-state index in [4.69, 9.17) is 3.37 Å². The summed E-state index contributed by atoms with van der Waals surface area (Å²) in [6.07, 6.45) is 0. The molecule has 0 bridgehead atoms. The number of hydrogen-bond acceptors (Lipinski definition) is 4. The van der Waals surface area contributed by atoms with Crippen molar-refractivity contribution < 1.29 is 27.6 Å². The standard InChI is InChI=1S/C14H11ClO4Se/c1-10-11-6-2-4-8-13(11)20(19-15(16,17)18)14-9-5-3-7-12(10)14/h2-9H,1H3. The van der Waals surface area contributed by atoms with Gasteiger partial charge in [-0.1, -0.05) is 0 Å². The van der Waals surface area contributed by atoms with E-state index >= 15 is 0 Å². The van der Waals surface area contributed by atoms with Crippen LogP contribution < -0.4 is 23.7 Å². The monoisotopic (exact) mass is 358 g/mol. The van der Waals surface area contributed by atoms with Crippen LogP contribution in [0, 0.1) is 14.3 Å². The Morgan fingerprint density at radius 2 is 1.60 bits per heavy atom. The fourth-order valence-corrected chi connectivity index (χ4v) is 7.51. The molecule has 0 aromatic heterocycles. The van der Waals surface area contributed by atoms with Gasteiger partial charge in [-0.3, -0.25) is 0 Å². The summed E-state index contributed by atoms with van der Waals surface area (Å²) < 4.78 is 39.6. The zero-order chi connectivity index (χ0) is 14.3. The quantitative estimate of drug-likeness (QED) is 0.575. The molecule has 1 unspecified atom stereocenters. The molecule has 0 radical (unpaired) electrons. The van der Waals surface area contributed by atoms with E-state index in [2.05, 4.69) is 0 Å². The van der Waals surface area contributed by atoms with Crippen molar-refractivity contribution >= 4 is 23.8 Å². The molecule has 1 aliphatic heterocycles. The maximum absolute atomic E-state index is 11.0. The third-order valence-corrected chi connectivity index (χ3v) is 8.34. The Bertz CT molecular complexity index is 795. The van der Waals surface area contributed by atoms with Crippen molar-refractivity contribution in [3.05, 3.63) is 63.4 Å². The Morgan fingerprint density at radius 3 is 2.35 bits per heavy atom. The van der Waals surface area contributed by atoms with E-state index in [9.17, 15) is 14.0 Å². The van der Waals surface area contributed by atoms with Gasteiger partial charge in [0.15, 0.2) is 0 Å². The van der Waals surface area contributed by atoms with Crippen LogP contribution in [-0.4, -0.2) is 13.8 Å². The molecule has 3 rings (SSSR count). The van der Waals surface area contributed by atoms with Gasteiger partial charge in [-0.05, 0) is 0 Å². The molecule has 1 aliphatic rings. The topological polar surface area (TPSA) is 78.4 Å². The maximum atomic E-state index is 11.0. The van der Waals surface area contributed by atoms with Gasteiger partial charge in [-0.25, -0.2) is 0 Å². The van der Waals surface area contributed by atoms with E-state index in [1.54, 1.807) is 0 Å². The van der Waals surface area contributed by atoms with E-state index in [1.807, 2.05) is 55.5 Å². The van der Waals surface area contributed by atoms with Crippen LogP contribution in [0.3, 0.4) is 0 Å². The molecule has 1 heterocycles. The molecule has 104 valence electrons. The number of rotatable bonds is 2. The van der Waals surface area contributed by atoms with Gasteiger partial charge >= 0.3 is 122 Å². The summed E-state index contributed by atoms with van der Waals surface area (Å²) in [6, 6.07) is 15.0. The zero-order valence-corrected chi connectivity index (χ0v) is 13.0. The van der Waals surface area contributed by atoms with Crippen LogP contribution in [0.5, 0.6) is 0 Å². The Balaban J connectivity index is 2.41. The van der Waals surface area contributed by atoms with E-state index in [0.29, 0.717) is 0 Å². The SMILES string of the molecule is CC1=c2ccccc2=[Se](O[Cl+3]([O-])([O-])[O-])c2ccccc21. The van der Waals surface area contributed by atoms with Crippen LogP contribution in [0.15, 0.2) is 48.5 Å². The number of fused-ring (bicyclic) bond motifs is 2. The van der Waals surface area contributed by atoms with Crippen molar-refractivity contribution in [3.8, 4) is 0 Å². The van der Waals surface area contributed by atoms with Gasteiger partial charge in [0, 0.05) is 0 Å². The van der Waals surface area contributed by atoms with Crippen molar-refractivity contribution in [1.82, 2.24) is 0 Å². The Morgan fingerprint density at radius 1 is 0.950 bits per heavy atom. The second-order valence-corrected chi connectivity index (χ2v) is 8.98. The normalized spacial score (nSPS) is 17.6. The second kappa shape index (κ2) is 5.06. The molecule has 1 atom stereocenters. The van der Waals surface area contributed by atoms with E-state index < -0.39 is 24.0 Å². The molecule has 4 nitrogen and oxygen atoms in total. The third kappa shape index (κ3) is 2.45. The molecule has 2 aromatic rings. The van der Waals surface area contributed by atoms with Crippen LogP contribution in [0.4, 0.5) is 0 Å². The predicted octanol–water partition coefficient (Wildman–Crippen LogP) is -2.14. The van der Waals surface area contributed by atoms with Crippen molar-refractivity contribution in [1.29, 1.82) is 0 Å². The fourth-order valence-electron chi connectivity index (χ4n) is 2.28. The summed E-state index contributed by atoms with van der Waals surface area (Å²) in [5.74, 6) is 0. The van der Waals surface area contributed by atoms with Crippen LogP contribution in [0.25, 0.3) is 5.57 Å². The number of halogens is 1. The van der Waals surface area contributed by atoms with Crippen LogP contribution in [-0.2, 0) is 3.37 Å². The average Bonchev–Trinajstić information content (AvgIpc) is 2.42. The van der Waals surface area contributed by atoms with Crippen molar-refractivity contribution in [2.24, 2.45) is 0 Å². The minimum absolute atomic E-state index is 0.815. The summed E-state index contributed by atoms with van der Waals surface area (Å²) in [5.41, 5.74) is 2.02. The Hall–Kier alpha value is -1.04. The Kier molecular flexibility index (Phi) is 3.52. The van der Waals surface area contributed by atoms with Gasteiger partial charge < -0.3 is 0 Å². The molecular weight excluding hydrogens is 347 g/mol. The van der Waals surface area contributed by atoms with Gasteiger partial charge in [0.1, 0.15) is 0 Å². The van der Waals surface area contributed by atoms with Gasteiger partial charge in [-0.2, -0.15) is 0 Å². The average molecular weight is 358 g/mol. The van der Waals surface area contributed by atoms with Gasteiger partial charge in [-0.15, -0.1) is 0 Å². The zero-order valence-electron chi connectivity index (χ0n) is 10.5. The van der Waals surface area contributed by atoms with Crippen molar-refractivity contribution in [2.45, 2.75) is 6.92 Å². The van der Waals surface area contributed by atoms with E-state index in [1.165, 1.54) is 0 Å². The number of hydrogen-bond donors (Lipinski definition) is 0. The summed E-state index contributed by atoms with van der Waals surface area (Å²) in [6.45, 7) is 1.99. The first-order valence-electron chi connectivity index (χ1n) is 5.85. The molecule has 2 aromatic carbocycles. The van der Waals surface area contributed by atoms with Gasteiger partial charge in [0.25, 0.3) is 0 Å². The van der Waals surface area contributed by atoms with Crippen molar-refractivity contribution in [3.63, 3.8) is 0 Å². The molecular formula is C14H11ClO4Se. The molecule has 0 amide bonds. The van der Waals surface area contributed by atoms with Crippen LogP contribution >= 0.6 is 0 Å². The molecule has 0 N–H and O–H groups in total. The van der Waals surface area contributed by atoms with Gasteiger partial charge in [0.05, 0.1) is 0 Å². The Labute approximate surface area is 122 Å². The van der Waals surface area contributed by atoms with E-state index in [0.717, 1.165) is 24.9 Å².